The minimum Gasteiger partial charge on any atom is -0.338 e. The molecule has 0 radical (unpaired) electrons. The third-order valence-electron chi connectivity index (χ3n) is 4.97. The number of carbonyl (C=O) groups is 1. The molecular formula is C15H20BrF3N4O. The van der Waals surface area contributed by atoms with Gasteiger partial charge in [-0.15, -0.1) is 0 Å². The van der Waals surface area contributed by atoms with Crippen molar-refractivity contribution >= 4 is 21.8 Å². The number of alkyl halides is 3. The lowest BCUT2D eigenvalue weighted by molar-refractivity contribution is -0.143. The number of rotatable bonds is 2. The standard InChI is InChI=1S/C15H20BrF3N4O/c1-9-12(16)13(15(17,18)19)20-23(9)10(2)14(24)22-7-6-21-5-3-4-11(21)8-22/h10-11H,3-8H2,1-2H3/t10-,11-/m1/s1. The van der Waals surface area contributed by atoms with E-state index in [1.807, 2.05) is 0 Å². The van der Waals surface area contributed by atoms with E-state index >= 15 is 0 Å². The first-order valence-corrected chi connectivity index (χ1v) is 8.84. The summed E-state index contributed by atoms with van der Waals surface area (Å²) in [5, 5.41) is 3.65. The van der Waals surface area contributed by atoms with E-state index in [1.54, 1.807) is 11.8 Å². The molecule has 0 spiro atoms. The summed E-state index contributed by atoms with van der Waals surface area (Å²) >= 11 is 2.95. The van der Waals surface area contributed by atoms with E-state index in [0.29, 0.717) is 24.8 Å². The molecule has 134 valence electrons. The smallest absolute Gasteiger partial charge is 0.338 e. The SMILES string of the molecule is Cc1c(Br)c(C(F)(F)F)nn1[C@H](C)C(=O)N1CCN2CCC[C@@H]2C1. The van der Waals surface area contributed by atoms with Gasteiger partial charge in [-0.3, -0.25) is 14.4 Å². The lowest BCUT2D eigenvalue weighted by Crippen LogP contribution is -2.53. The summed E-state index contributed by atoms with van der Waals surface area (Å²) in [6.45, 7) is 6.31. The third-order valence-corrected chi connectivity index (χ3v) is 5.92. The normalized spacial score (nSPS) is 23.4. The van der Waals surface area contributed by atoms with Crippen molar-refractivity contribution in [3.05, 3.63) is 15.9 Å². The number of piperazine rings is 1. The predicted molar refractivity (Wildman–Crippen MR) is 85.6 cm³/mol. The first-order valence-electron chi connectivity index (χ1n) is 8.04. The maximum atomic E-state index is 13.0. The Bertz CT molecular complexity index is 645. The first-order chi connectivity index (χ1) is 11.2. The molecule has 3 heterocycles. The van der Waals surface area contributed by atoms with Crippen LogP contribution in [0, 0.1) is 6.92 Å². The van der Waals surface area contributed by atoms with Gasteiger partial charge in [-0.05, 0) is 49.2 Å². The fourth-order valence-electron chi connectivity index (χ4n) is 3.62. The lowest BCUT2D eigenvalue weighted by atomic mass is 10.1. The Labute approximate surface area is 146 Å². The maximum Gasteiger partial charge on any atom is 0.436 e. The molecule has 1 aromatic heterocycles. The van der Waals surface area contributed by atoms with E-state index < -0.39 is 17.9 Å². The highest BCUT2D eigenvalue weighted by Crippen LogP contribution is 2.36. The number of carbonyl (C=O) groups excluding carboxylic acids is 1. The molecule has 1 amide bonds. The zero-order valence-corrected chi connectivity index (χ0v) is 15.2. The Morgan fingerprint density at radius 3 is 2.67 bits per heavy atom. The molecule has 3 rings (SSSR count). The van der Waals surface area contributed by atoms with Crippen LogP contribution in [0.2, 0.25) is 0 Å². The monoisotopic (exact) mass is 408 g/mol. The first kappa shape index (κ1) is 17.7. The molecule has 2 fully saturated rings. The van der Waals surface area contributed by atoms with Crippen molar-refractivity contribution in [1.82, 2.24) is 19.6 Å². The van der Waals surface area contributed by atoms with Gasteiger partial charge in [-0.25, -0.2) is 0 Å². The van der Waals surface area contributed by atoms with Gasteiger partial charge in [-0.2, -0.15) is 18.3 Å². The molecule has 0 aliphatic carbocycles. The largest absolute Gasteiger partial charge is 0.436 e. The van der Waals surface area contributed by atoms with Crippen molar-refractivity contribution in [2.75, 3.05) is 26.2 Å². The van der Waals surface area contributed by atoms with Gasteiger partial charge in [0.1, 0.15) is 6.04 Å². The molecule has 2 atom stereocenters. The second-order valence-electron chi connectivity index (χ2n) is 6.48. The van der Waals surface area contributed by atoms with E-state index in [2.05, 4.69) is 25.9 Å². The van der Waals surface area contributed by atoms with Crippen LogP contribution in [0.4, 0.5) is 13.2 Å². The Kier molecular flexibility index (Phi) is 4.67. The van der Waals surface area contributed by atoms with Crippen molar-refractivity contribution in [2.24, 2.45) is 0 Å². The predicted octanol–water partition coefficient (Wildman–Crippen LogP) is 2.84. The zero-order chi connectivity index (χ0) is 17.6. The molecule has 0 N–H and O–H groups in total. The van der Waals surface area contributed by atoms with Gasteiger partial charge in [-0.1, -0.05) is 0 Å². The lowest BCUT2D eigenvalue weighted by Gasteiger charge is -2.38. The van der Waals surface area contributed by atoms with Crippen molar-refractivity contribution in [1.29, 1.82) is 0 Å². The van der Waals surface area contributed by atoms with Crippen molar-refractivity contribution in [3.63, 3.8) is 0 Å². The van der Waals surface area contributed by atoms with Crippen molar-refractivity contribution in [3.8, 4) is 0 Å². The average Bonchev–Trinajstić information content (AvgIpc) is 3.10. The van der Waals surface area contributed by atoms with Crippen molar-refractivity contribution < 1.29 is 18.0 Å². The third kappa shape index (κ3) is 3.08. The molecule has 2 aliphatic rings. The van der Waals surface area contributed by atoms with Gasteiger partial charge in [0.25, 0.3) is 0 Å². The van der Waals surface area contributed by atoms with Gasteiger partial charge in [0.2, 0.25) is 5.91 Å². The van der Waals surface area contributed by atoms with Crippen LogP contribution < -0.4 is 0 Å². The Morgan fingerprint density at radius 1 is 1.33 bits per heavy atom. The number of nitrogens with zero attached hydrogens (tertiary/aromatic N) is 4. The Morgan fingerprint density at radius 2 is 2.04 bits per heavy atom. The maximum absolute atomic E-state index is 13.0. The molecule has 2 saturated heterocycles. The topological polar surface area (TPSA) is 41.4 Å². The number of amides is 1. The van der Waals surface area contributed by atoms with Crippen LogP contribution in [-0.4, -0.2) is 57.7 Å². The molecule has 0 unspecified atom stereocenters. The van der Waals surface area contributed by atoms with Crippen LogP contribution in [0.5, 0.6) is 0 Å². The van der Waals surface area contributed by atoms with Crippen LogP contribution in [0.15, 0.2) is 4.47 Å². The molecule has 5 nitrogen and oxygen atoms in total. The molecule has 1 aromatic rings. The molecule has 2 aliphatic heterocycles. The fourth-order valence-corrected chi connectivity index (χ4v) is 4.10. The summed E-state index contributed by atoms with van der Waals surface area (Å²) in [7, 11) is 0. The van der Waals surface area contributed by atoms with Crippen LogP contribution in [0.25, 0.3) is 0 Å². The van der Waals surface area contributed by atoms with Crippen LogP contribution in [-0.2, 0) is 11.0 Å². The van der Waals surface area contributed by atoms with Crippen molar-refractivity contribution in [2.45, 2.75) is 44.9 Å². The molecule has 24 heavy (non-hydrogen) atoms. The summed E-state index contributed by atoms with van der Waals surface area (Å²) < 4.78 is 40.1. The van der Waals surface area contributed by atoms with Crippen LogP contribution in [0.1, 0.15) is 37.2 Å². The number of aromatic nitrogens is 2. The second-order valence-corrected chi connectivity index (χ2v) is 7.28. The van der Waals surface area contributed by atoms with Gasteiger partial charge >= 0.3 is 6.18 Å². The van der Waals surface area contributed by atoms with Gasteiger partial charge in [0, 0.05) is 25.7 Å². The van der Waals surface area contributed by atoms with Crippen LogP contribution in [0.3, 0.4) is 0 Å². The van der Waals surface area contributed by atoms with E-state index in [-0.39, 0.29) is 10.4 Å². The molecule has 9 heteroatoms. The molecule has 0 aromatic carbocycles. The number of halogens is 4. The summed E-state index contributed by atoms with van der Waals surface area (Å²) in [6.07, 6.45) is -2.34. The number of hydrogen-bond donors (Lipinski definition) is 0. The van der Waals surface area contributed by atoms with E-state index in [4.69, 9.17) is 0 Å². The number of fused-ring (bicyclic) bond motifs is 1. The summed E-state index contributed by atoms with van der Waals surface area (Å²) in [5.74, 6) is -0.173. The second kappa shape index (κ2) is 6.33. The fraction of sp³-hybridized carbons (Fsp3) is 0.733. The highest BCUT2D eigenvalue weighted by Gasteiger charge is 2.40. The Hall–Kier alpha value is -1.09. The van der Waals surface area contributed by atoms with E-state index in [9.17, 15) is 18.0 Å². The highest BCUT2D eigenvalue weighted by molar-refractivity contribution is 9.10. The van der Waals surface area contributed by atoms with Gasteiger partial charge in [0.05, 0.1) is 10.2 Å². The van der Waals surface area contributed by atoms with Gasteiger partial charge in [0.15, 0.2) is 5.69 Å². The van der Waals surface area contributed by atoms with E-state index in [0.717, 1.165) is 25.9 Å². The summed E-state index contributed by atoms with van der Waals surface area (Å²) in [4.78, 5) is 16.9. The van der Waals surface area contributed by atoms with Gasteiger partial charge < -0.3 is 4.90 Å². The van der Waals surface area contributed by atoms with E-state index in [1.165, 1.54) is 11.6 Å². The Balaban J connectivity index is 1.79. The minimum atomic E-state index is -4.55. The average molecular weight is 409 g/mol. The quantitative estimate of drug-likeness (QED) is 0.755. The molecule has 0 bridgehead atoms. The molecular weight excluding hydrogens is 389 g/mol. The molecule has 0 saturated carbocycles. The number of hydrogen-bond acceptors (Lipinski definition) is 3. The zero-order valence-electron chi connectivity index (χ0n) is 13.6. The summed E-state index contributed by atoms with van der Waals surface area (Å²) in [5.41, 5.74) is -0.678. The highest BCUT2D eigenvalue weighted by atomic mass is 79.9. The minimum absolute atomic E-state index is 0.102. The van der Waals surface area contributed by atoms with Crippen LogP contribution >= 0.6 is 15.9 Å². The summed E-state index contributed by atoms with van der Waals surface area (Å²) in [6, 6.07) is -0.378.